The molecule has 166 valence electrons. The largest absolute Gasteiger partial charge is 0.426 e. The number of hydrogen-bond donors (Lipinski definition) is 2. The lowest BCUT2D eigenvalue weighted by atomic mass is 9.88. The van der Waals surface area contributed by atoms with Gasteiger partial charge in [0.2, 0.25) is 0 Å². The number of halogens is 2. The number of fused-ring (bicyclic) bond motifs is 1. The Kier molecular flexibility index (Phi) is 8.21. The second-order valence-corrected chi connectivity index (χ2v) is 8.78. The second kappa shape index (κ2) is 10.3. The molecule has 0 amide bonds. The van der Waals surface area contributed by atoms with Crippen molar-refractivity contribution in [2.75, 3.05) is 0 Å². The van der Waals surface area contributed by atoms with E-state index in [0.29, 0.717) is 23.6 Å². The highest BCUT2D eigenvalue weighted by molar-refractivity contribution is 7.71. The number of nitrogens with zero attached hydrogens (tertiary/aromatic N) is 1. The first kappa shape index (κ1) is 24.7. The van der Waals surface area contributed by atoms with E-state index in [4.69, 9.17) is 61.6 Å². The minimum atomic E-state index is -2.17. The molecule has 0 saturated carbocycles. The van der Waals surface area contributed by atoms with Crippen LogP contribution in [0.25, 0.3) is 0 Å². The van der Waals surface area contributed by atoms with E-state index in [2.05, 4.69) is 4.98 Å². The first-order valence-corrected chi connectivity index (χ1v) is 11.7. The number of aromatic amines is 1. The van der Waals surface area contributed by atoms with Gasteiger partial charge in [-0.25, -0.2) is 0 Å². The van der Waals surface area contributed by atoms with Crippen LogP contribution in [0.2, 0.25) is 10.0 Å². The Balaban J connectivity index is 0.00000132. The molecule has 4 rings (SSSR count). The number of aromatic nitrogens is 2. The Morgan fingerprint density at radius 2 is 2.13 bits per heavy atom. The summed E-state index contributed by atoms with van der Waals surface area (Å²) in [4.78, 5) is 14.0. The zero-order valence-corrected chi connectivity index (χ0v) is 19.9. The van der Waals surface area contributed by atoms with E-state index in [0.717, 1.165) is 5.56 Å². The van der Waals surface area contributed by atoms with Crippen molar-refractivity contribution in [3.63, 3.8) is 0 Å². The SMILES string of the molecule is CC.[B]C(O)(OP1OCc2cc(Cl)ccc2O1)C1CCC(n2cc(Cl)c(=O)[nH]c2=S)O1. The standard InChI is InChI=1S/C16H14BCl2N2O6PS.C2H6/c17-16(23,27-28-24-7-8-5-9(18)1-2-11(8)26-28)12-3-4-13(25-12)21-6-10(19)14(22)20-15(21)29;1-2/h1-2,5-6,12-13,23H,3-4,7H2,(H,20,22,29);1-2H3. The van der Waals surface area contributed by atoms with Crippen molar-refractivity contribution in [2.24, 2.45) is 0 Å². The lowest BCUT2D eigenvalue weighted by Crippen LogP contribution is -2.44. The summed E-state index contributed by atoms with van der Waals surface area (Å²) in [5.41, 5.74) is -1.89. The normalized spacial score (nSPS) is 24.4. The number of rotatable bonds is 4. The monoisotopic (exact) mass is 504 g/mol. The quantitative estimate of drug-likeness (QED) is 0.272. The number of nitrogens with one attached hydrogen (secondary N) is 1. The fourth-order valence-corrected chi connectivity index (χ4v) is 4.70. The predicted molar refractivity (Wildman–Crippen MR) is 121 cm³/mol. The minimum Gasteiger partial charge on any atom is -0.426 e. The van der Waals surface area contributed by atoms with Crippen molar-refractivity contribution in [3.8, 4) is 5.75 Å². The van der Waals surface area contributed by atoms with Crippen molar-refractivity contribution in [1.82, 2.24) is 9.55 Å². The van der Waals surface area contributed by atoms with Gasteiger partial charge in [0, 0.05) is 16.8 Å². The average Bonchev–Trinajstić information content (AvgIpc) is 3.23. The Hall–Kier alpha value is -0.965. The van der Waals surface area contributed by atoms with Gasteiger partial charge in [0.15, 0.2) is 18.3 Å². The molecule has 13 heteroatoms. The van der Waals surface area contributed by atoms with E-state index in [-0.39, 0.29) is 16.4 Å². The van der Waals surface area contributed by atoms with Crippen LogP contribution >= 0.6 is 44.0 Å². The Labute approximate surface area is 196 Å². The van der Waals surface area contributed by atoms with Gasteiger partial charge in [-0.05, 0) is 43.3 Å². The van der Waals surface area contributed by atoms with Crippen LogP contribution in [0.15, 0.2) is 29.2 Å². The third-order valence-corrected chi connectivity index (χ3v) is 6.38. The summed E-state index contributed by atoms with van der Waals surface area (Å²) in [6.45, 7) is 4.21. The lowest BCUT2D eigenvalue weighted by Gasteiger charge is -2.34. The topological polar surface area (TPSA) is 94.9 Å². The van der Waals surface area contributed by atoms with E-state index < -0.39 is 32.2 Å². The maximum atomic E-state index is 11.5. The van der Waals surface area contributed by atoms with Crippen molar-refractivity contribution in [3.05, 3.63) is 55.1 Å². The highest BCUT2D eigenvalue weighted by atomic mass is 35.5. The van der Waals surface area contributed by atoms with Gasteiger partial charge in [0.25, 0.3) is 5.56 Å². The zero-order valence-electron chi connectivity index (χ0n) is 16.7. The molecule has 2 N–H and O–H groups in total. The second-order valence-electron chi connectivity index (χ2n) is 6.48. The van der Waals surface area contributed by atoms with Crippen molar-refractivity contribution >= 4 is 51.9 Å². The molecule has 2 radical (unpaired) electrons. The molecule has 0 aliphatic carbocycles. The molecule has 3 heterocycles. The first-order chi connectivity index (χ1) is 14.7. The molecule has 8 nitrogen and oxygen atoms in total. The summed E-state index contributed by atoms with van der Waals surface area (Å²) in [6.07, 6.45) is 0.744. The molecule has 1 aromatic heterocycles. The van der Waals surface area contributed by atoms with Gasteiger partial charge in [-0.2, -0.15) is 0 Å². The van der Waals surface area contributed by atoms with Crippen LogP contribution in [-0.4, -0.2) is 34.3 Å². The van der Waals surface area contributed by atoms with Crippen LogP contribution in [0.3, 0.4) is 0 Å². The summed E-state index contributed by atoms with van der Waals surface area (Å²) in [6, 6.07) is 5.09. The van der Waals surface area contributed by atoms with Crippen LogP contribution in [0.4, 0.5) is 0 Å². The molecular weight excluding hydrogens is 485 g/mol. The predicted octanol–water partition coefficient (Wildman–Crippen LogP) is 4.58. The third-order valence-electron chi connectivity index (χ3n) is 4.43. The van der Waals surface area contributed by atoms with E-state index in [1.54, 1.807) is 18.2 Å². The fourth-order valence-electron chi connectivity index (χ4n) is 3.01. The maximum Gasteiger partial charge on any atom is 0.399 e. The van der Waals surface area contributed by atoms with E-state index in [9.17, 15) is 9.90 Å². The lowest BCUT2D eigenvalue weighted by molar-refractivity contribution is -0.171. The number of benzene rings is 1. The molecule has 4 atom stereocenters. The Morgan fingerprint density at radius 3 is 2.87 bits per heavy atom. The van der Waals surface area contributed by atoms with Gasteiger partial charge < -0.3 is 14.4 Å². The fraction of sp³-hybridized carbons (Fsp3) is 0.444. The summed E-state index contributed by atoms with van der Waals surface area (Å²) in [5, 5.41) is 11.2. The van der Waals surface area contributed by atoms with Gasteiger partial charge in [0.1, 0.15) is 23.1 Å². The minimum absolute atomic E-state index is 0.0314. The first-order valence-electron chi connectivity index (χ1n) is 9.49. The van der Waals surface area contributed by atoms with Crippen molar-refractivity contribution in [1.29, 1.82) is 0 Å². The highest BCUT2D eigenvalue weighted by Gasteiger charge is 2.43. The Bertz CT molecular complexity index is 1050. The molecule has 31 heavy (non-hydrogen) atoms. The van der Waals surface area contributed by atoms with Crippen LogP contribution in [-0.2, 0) is 20.4 Å². The molecule has 4 unspecified atom stereocenters. The van der Waals surface area contributed by atoms with Gasteiger partial charge in [-0.1, -0.05) is 37.0 Å². The van der Waals surface area contributed by atoms with Crippen LogP contribution in [0, 0.1) is 4.77 Å². The van der Waals surface area contributed by atoms with Gasteiger partial charge >= 0.3 is 8.60 Å². The van der Waals surface area contributed by atoms with E-state index in [1.807, 2.05) is 13.8 Å². The van der Waals surface area contributed by atoms with Crippen molar-refractivity contribution in [2.45, 2.75) is 51.3 Å². The summed E-state index contributed by atoms with van der Waals surface area (Å²) >= 11 is 17.0. The van der Waals surface area contributed by atoms with E-state index >= 15 is 0 Å². The summed E-state index contributed by atoms with van der Waals surface area (Å²) < 4.78 is 24.1. The molecule has 1 fully saturated rings. The Morgan fingerprint density at radius 1 is 1.39 bits per heavy atom. The van der Waals surface area contributed by atoms with Gasteiger partial charge in [0.05, 0.1) is 6.61 Å². The number of hydrogen-bond acceptors (Lipinski definition) is 7. The number of H-pyrrole nitrogens is 1. The summed E-state index contributed by atoms with van der Waals surface area (Å²) in [7, 11) is 4.00. The third kappa shape index (κ3) is 5.70. The number of aliphatic hydroxyl groups is 1. The molecule has 2 aliphatic heterocycles. The molecule has 0 spiro atoms. The van der Waals surface area contributed by atoms with Gasteiger partial charge in [-0.15, -0.1) is 0 Å². The van der Waals surface area contributed by atoms with Crippen LogP contribution < -0.4 is 10.1 Å². The molecule has 0 bridgehead atoms. The van der Waals surface area contributed by atoms with E-state index in [1.165, 1.54) is 10.8 Å². The maximum absolute atomic E-state index is 11.5. The van der Waals surface area contributed by atoms with Crippen molar-refractivity contribution < 1.29 is 23.4 Å². The molecular formula is C18H20BCl2N2O6PS. The molecule has 2 aliphatic rings. The molecule has 1 aromatic carbocycles. The van der Waals surface area contributed by atoms with Crippen LogP contribution in [0.1, 0.15) is 38.5 Å². The summed E-state index contributed by atoms with van der Waals surface area (Å²) in [5.74, 6) is 0.543. The zero-order chi connectivity index (χ0) is 22.8. The highest BCUT2D eigenvalue weighted by Crippen LogP contribution is 2.51. The van der Waals surface area contributed by atoms with Crippen LogP contribution in [0.5, 0.6) is 5.75 Å². The number of ether oxygens (including phenoxy) is 1. The smallest absolute Gasteiger partial charge is 0.399 e. The van der Waals surface area contributed by atoms with Gasteiger partial charge in [-0.3, -0.25) is 23.4 Å². The molecule has 1 saturated heterocycles. The average molecular weight is 505 g/mol. The molecule has 2 aromatic rings.